The molecule has 6 heteroatoms. The highest BCUT2D eigenvalue weighted by molar-refractivity contribution is 5.95. The normalized spacial score (nSPS) is 25.8. The molecule has 0 N–H and O–H groups in total. The lowest BCUT2D eigenvalue weighted by molar-refractivity contribution is -0.0494. The Morgan fingerprint density at radius 3 is 2.83 bits per heavy atom. The number of aromatic nitrogens is 1. The van der Waals surface area contributed by atoms with Crippen molar-refractivity contribution in [3.05, 3.63) is 36.0 Å². The van der Waals surface area contributed by atoms with E-state index in [1.165, 1.54) is 0 Å². The molecule has 1 aromatic heterocycles. The van der Waals surface area contributed by atoms with Gasteiger partial charge in [-0.1, -0.05) is 0 Å². The van der Waals surface area contributed by atoms with Crippen LogP contribution < -0.4 is 4.90 Å². The third-order valence-corrected chi connectivity index (χ3v) is 6.39. The summed E-state index contributed by atoms with van der Waals surface area (Å²) in [5, 5.41) is 10.5. The number of ether oxygens (including phenoxy) is 1. The number of anilines is 1. The number of benzene rings is 1. The van der Waals surface area contributed by atoms with Gasteiger partial charge in [-0.2, -0.15) is 5.26 Å². The summed E-state index contributed by atoms with van der Waals surface area (Å²) in [4.78, 5) is 11.9. The van der Waals surface area contributed by atoms with E-state index in [-0.39, 0.29) is 17.7 Å². The molecule has 154 valence electrons. The first-order chi connectivity index (χ1) is 13.9. The van der Waals surface area contributed by atoms with E-state index in [2.05, 4.69) is 65.7 Å². The van der Waals surface area contributed by atoms with Crippen LogP contribution in [0.5, 0.6) is 0 Å². The van der Waals surface area contributed by atoms with Gasteiger partial charge in [0, 0.05) is 62.1 Å². The molecule has 0 saturated carbocycles. The van der Waals surface area contributed by atoms with E-state index in [9.17, 15) is 5.26 Å². The van der Waals surface area contributed by atoms with E-state index in [1.807, 2.05) is 12.1 Å². The van der Waals surface area contributed by atoms with E-state index in [1.54, 1.807) is 6.20 Å². The Balaban J connectivity index is 1.54. The van der Waals surface area contributed by atoms with E-state index in [0.29, 0.717) is 5.56 Å². The summed E-state index contributed by atoms with van der Waals surface area (Å²) in [6.07, 6.45) is 2.09. The monoisotopic (exact) mass is 393 g/mol. The highest BCUT2D eigenvalue weighted by Gasteiger charge is 2.34. The van der Waals surface area contributed by atoms with E-state index in [4.69, 9.17) is 4.74 Å². The molecule has 0 unspecified atom stereocenters. The standard InChI is InChI=1S/C23H31N5O/c1-17-13-28(21-8-7-18(12-24)22-20(21)6-5-9-25-22)15-19(29-17)14-27-11-10-26(4)23(2,3)16-27/h5-9,17,19H,10-11,13-16H2,1-4H3/t17-,19+/m1/s1. The van der Waals surface area contributed by atoms with Gasteiger partial charge in [0.15, 0.2) is 0 Å². The summed E-state index contributed by atoms with van der Waals surface area (Å²) in [7, 11) is 2.21. The lowest BCUT2D eigenvalue weighted by Crippen LogP contribution is -2.60. The molecule has 2 aliphatic heterocycles. The highest BCUT2D eigenvalue weighted by atomic mass is 16.5. The number of nitrogens with zero attached hydrogens (tertiary/aromatic N) is 5. The first-order valence-corrected chi connectivity index (χ1v) is 10.5. The molecule has 1 aromatic carbocycles. The molecule has 2 aliphatic rings. The quantitative estimate of drug-likeness (QED) is 0.799. The molecule has 0 aliphatic carbocycles. The zero-order valence-electron chi connectivity index (χ0n) is 17.9. The molecule has 0 spiro atoms. The number of hydrogen-bond donors (Lipinski definition) is 0. The second-order valence-corrected chi connectivity index (χ2v) is 9.09. The maximum absolute atomic E-state index is 9.43. The lowest BCUT2D eigenvalue weighted by atomic mass is 9.99. The zero-order chi connectivity index (χ0) is 20.6. The minimum absolute atomic E-state index is 0.164. The second-order valence-electron chi connectivity index (χ2n) is 9.09. The van der Waals surface area contributed by atoms with E-state index >= 15 is 0 Å². The predicted octanol–water partition coefficient (Wildman–Crippen LogP) is 2.73. The Morgan fingerprint density at radius 2 is 2.07 bits per heavy atom. The van der Waals surface area contributed by atoms with E-state index in [0.717, 1.165) is 55.9 Å². The van der Waals surface area contributed by atoms with Crippen molar-refractivity contribution in [3.63, 3.8) is 0 Å². The molecular formula is C23H31N5O. The van der Waals surface area contributed by atoms with Gasteiger partial charge in [0.25, 0.3) is 0 Å². The van der Waals surface area contributed by atoms with Crippen molar-refractivity contribution in [3.8, 4) is 6.07 Å². The van der Waals surface area contributed by atoms with Crippen molar-refractivity contribution in [2.24, 2.45) is 0 Å². The number of rotatable bonds is 3. The molecule has 2 fully saturated rings. The summed E-state index contributed by atoms with van der Waals surface area (Å²) < 4.78 is 6.33. The summed E-state index contributed by atoms with van der Waals surface area (Å²) in [5.74, 6) is 0. The SMILES string of the molecule is C[C@@H]1CN(c2ccc(C#N)c3ncccc23)C[C@H](CN2CCN(C)C(C)(C)C2)O1. The molecule has 0 radical (unpaired) electrons. The van der Waals surface area contributed by atoms with Crippen LogP contribution in [-0.4, -0.2) is 78.8 Å². The number of morpholine rings is 1. The smallest absolute Gasteiger partial charge is 0.101 e. The Labute approximate surface area is 173 Å². The number of likely N-dealkylation sites (N-methyl/N-ethyl adjacent to an activating group) is 1. The Bertz CT molecular complexity index is 921. The Hall–Kier alpha value is -2.20. The van der Waals surface area contributed by atoms with Crippen molar-refractivity contribution in [1.82, 2.24) is 14.8 Å². The number of hydrogen-bond acceptors (Lipinski definition) is 6. The molecule has 2 atom stereocenters. The zero-order valence-corrected chi connectivity index (χ0v) is 17.9. The van der Waals surface area contributed by atoms with Crippen molar-refractivity contribution in [2.75, 3.05) is 51.2 Å². The molecule has 6 nitrogen and oxygen atoms in total. The second kappa shape index (κ2) is 7.91. The van der Waals surface area contributed by atoms with Gasteiger partial charge in [-0.05, 0) is 52.1 Å². The van der Waals surface area contributed by atoms with Crippen LogP contribution in [0.3, 0.4) is 0 Å². The fraction of sp³-hybridized carbons (Fsp3) is 0.565. The van der Waals surface area contributed by atoms with Crippen LogP contribution in [0.1, 0.15) is 26.3 Å². The fourth-order valence-electron chi connectivity index (χ4n) is 4.65. The molecule has 29 heavy (non-hydrogen) atoms. The third-order valence-electron chi connectivity index (χ3n) is 6.39. The number of piperazine rings is 1. The minimum atomic E-state index is 0.164. The highest BCUT2D eigenvalue weighted by Crippen LogP contribution is 2.30. The van der Waals surface area contributed by atoms with Crippen molar-refractivity contribution in [2.45, 2.75) is 38.5 Å². The summed E-state index contributed by atoms with van der Waals surface area (Å²) in [5.41, 5.74) is 2.74. The molecule has 3 heterocycles. The average molecular weight is 394 g/mol. The molecule has 0 bridgehead atoms. The van der Waals surface area contributed by atoms with Crippen LogP contribution in [0.4, 0.5) is 5.69 Å². The van der Waals surface area contributed by atoms with Crippen LogP contribution >= 0.6 is 0 Å². The number of pyridine rings is 1. The van der Waals surface area contributed by atoms with Crippen molar-refractivity contribution in [1.29, 1.82) is 5.26 Å². The fourth-order valence-corrected chi connectivity index (χ4v) is 4.65. The van der Waals surface area contributed by atoms with Crippen LogP contribution in [-0.2, 0) is 4.74 Å². The summed E-state index contributed by atoms with van der Waals surface area (Å²) in [6, 6.07) is 10.2. The van der Waals surface area contributed by atoms with Gasteiger partial charge in [0.2, 0.25) is 0 Å². The van der Waals surface area contributed by atoms with Gasteiger partial charge in [0.1, 0.15) is 6.07 Å². The number of nitriles is 1. The van der Waals surface area contributed by atoms with Crippen LogP contribution in [0.25, 0.3) is 10.9 Å². The average Bonchev–Trinajstić information content (AvgIpc) is 2.69. The first kappa shape index (κ1) is 20.1. The molecule has 2 aromatic rings. The van der Waals surface area contributed by atoms with Gasteiger partial charge in [-0.25, -0.2) is 0 Å². The Morgan fingerprint density at radius 1 is 1.24 bits per heavy atom. The van der Waals surface area contributed by atoms with Crippen LogP contribution in [0, 0.1) is 11.3 Å². The maximum atomic E-state index is 9.43. The Kier molecular flexibility index (Phi) is 5.48. The van der Waals surface area contributed by atoms with Crippen LogP contribution in [0.15, 0.2) is 30.5 Å². The van der Waals surface area contributed by atoms with E-state index < -0.39 is 0 Å². The lowest BCUT2D eigenvalue weighted by Gasteiger charge is -2.47. The summed E-state index contributed by atoms with van der Waals surface area (Å²) >= 11 is 0. The first-order valence-electron chi connectivity index (χ1n) is 10.5. The largest absolute Gasteiger partial charge is 0.370 e. The predicted molar refractivity (Wildman–Crippen MR) is 116 cm³/mol. The van der Waals surface area contributed by atoms with Crippen molar-refractivity contribution >= 4 is 16.6 Å². The maximum Gasteiger partial charge on any atom is 0.101 e. The van der Waals surface area contributed by atoms with Crippen LogP contribution in [0.2, 0.25) is 0 Å². The molecule has 4 rings (SSSR count). The van der Waals surface area contributed by atoms with Gasteiger partial charge >= 0.3 is 0 Å². The van der Waals surface area contributed by atoms with Gasteiger partial charge in [-0.15, -0.1) is 0 Å². The molecular weight excluding hydrogens is 362 g/mol. The molecule has 2 saturated heterocycles. The van der Waals surface area contributed by atoms with Gasteiger partial charge in [-0.3, -0.25) is 14.8 Å². The minimum Gasteiger partial charge on any atom is -0.370 e. The van der Waals surface area contributed by atoms with Gasteiger partial charge in [0.05, 0.1) is 23.3 Å². The number of fused-ring (bicyclic) bond motifs is 1. The molecule has 0 amide bonds. The topological polar surface area (TPSA) is 55.6 Å². The van der Waals surface area contributed by atoms with Gasteiger partial charge < -0.3 is 9.64 Å². The third kappa shape index (κ3) is 4.09. The summed E-state index contributed by atoms with van der Waals surface area (Å²) in [6.45, 7) is 12.6. The van der Waals surface area contributed by atoms with Crippen molar-refractivity contribution < 1.29 is 4.74 Å².